The Balaban J connectivity index is 1.69. The molecule has 2 aliphatic rings. The van der Waals surface area contributed by atoms with Crippen molar-refractivity contribution in [2.24, 2.45) is 5.41 Å². The lowest BCUT2D eigenvalue weighted by Gasteiger charge is -2.35. The first kappa shape index (κ1) is 20.9. The zero-order valence-corrected chi connectivity index (χ0v) is 19.0. The van der Waals surface area contributed by atoms with Crippen LogP contribution in [0.15, 0.2) is 83.7 Å². The van der Waals surface area contributed by atoms with E-state index in [4.69, 9.17) is 4.74 Å². The van der Waals surface area contributed by atoms with Gasteiger partial charge in [-0.15, -0.1) is 0 Å². The number of ether oxygens (including phenoxy) is 1. The summed E-state index contributed by atoms with van der Waals surface area (Å²) in [4.78, 5) is 27.4. The minimum atomic E-state index is -1.57. The first-order chi connectivity index (χ1) is 16.5. The average Bonchev–Trinajstić information content (AvgIpc) is 3.26. The summed E-state index contributed by atoms with van der Waals surface area (Å²) < 4.78 is 7.01. The summed E-state index contributed by atoms with van der Waals surface area (Å²) in [6, 6.07) is 25.0. The van der Waals surface area contributed by atoms with E-state index in [0.29, 0.717) is 29.7 Å². The molecule has 0 amide bonds. The number of nitrogens with zero attached hydrogens (tertiary/aromatic N) is 1. The number of fused-ring (bicyclic) bond motifs is 4. The average molecular weight is 452 g/mol. The number of hydrogen-bond acceptors (Lipinski definition) is 4. The van der Waals surface area contributed by atoms with Crippen molar-refractivity contribution in [3.8, 4) is 16.9 Å². The second-order valence-electron chi connectivity index (χ2n) is 9.40. The van der Waals surface area contributed by atoms with Gasteiger partial charge >= 0.3 is 0 Å². The highest BCUT2D eigenvalue weighted by Crippen LogP contribution is 2.57. The molecule has 1 aliphatic carbocycles. The lowest BCUT2D eigenvalue weighted by Crippen LogP contribution is -2.49. The molecule has 1 fully saturated rings. The molecule has 1 aromatic heterocycles. The van der Waals surface area contributed by atoms with Crippen molar-refractivity contribution in [3.63, 3.8) is 0 Å². The van der Waals surface area contributed by atoms with Crippen LogP contribution in [-0.2, 0) is 23.4 Å². The lowest BCUT2D eigenvalue weighted by molar-refractivity contribution is -0.146. The zero-order chi connectivity index (χ0) is 23.5. The maximum atomic E-state index is 13.9. The highest BCUT2D eigenvalue weighted by molar-refractivity contribution is 5.99. The molecule has 4 aromatic rings. The van der Waals surface area contributed by atoms with Crippen LogP contribution in [-0.4, -0.2) is 22.6 Å². The molecule has 2 heterocycles. The molecule has 0 saturated heterocycles. The molecule has 6 rings (SSSR count). The van der Waals surface area contributed by atoms with Crippen LogP contribution in [0, 0.1) is 5.41 Å². The van der Waals surface area contributed by atoms with Gasteiger partial charge in [0.15, 0.2) is 5.72 Å². The van der Waals surface area contributed by atoms with Crippen LogP contribution in [0.25, 0.3) is 21.9 Å². The Labute approximate surface area is 197 Å². The highest BCUT2D eigenvalue weighted by Gasteiger charge is 2.65. The van der Waals surface area contributed by atoms with Crippen LogP contribution >= 0.6 is 0 Å². The fraction of sp³-hybridized carbons (Fsp3) is 0.241. The molecular formula is C29H25NO4. The summed E-state index contributed by atoms with van der Waals surface area (Å²) in [5.41, 5.74) is 0.593. The topological polar surface area (TPSA) is 68.5 Å². The monoisotopic (exact) mass is 451 g/mol. The smallest absolute Gasteiger partial charge is 0.261 e. The molecule has 34 heavy (non-hydrogen) atoms. The number of aliphatic hydroxyl groups is 1. The molecular weight excluding hydrogens is 426 g/mol. The number of hydrogen-bond donors (Lipinski definition) is 1. The number of ketones is 1. The molecule has 5 heteroatoms. The number of aromatic nitrogens is 1. The third-order valence-corrected chi connectivity index (χ3v) is 7.74. The SMILES string of the molecule is COc1ccc2c(=O)n3c(c(-c4ccccc4)c2c1)CC1(Cc2ccccc2)C(=O)CCC31O. The van der Waals surface area contributed by atoms with Gasteiger partial charge < -0.3 is 9.84 Å². The van der Waals surface area contributed by atoms with E-state index in [9.17, 15) is 14.7 Å². The number of pyridine rings is 1. The van der Waals surface area contributed by atoms with Gasteiger partial charge in [-0.3, -0.25) is 14.2 Å². The largest absolute Gasteiger partial charge is 0.497 e. The van der Waals surface area contributed by atoms with Crippen LogP contribution in [0.2, 0.25) is 0 Å². The molecule has 1 aliphatic heterocycles. The van der Waals surface area contributed by atoms with E-state index in [0.717, 1.165) is 22.1 Å². The fourth-order valence-corrected chi connectivity index (χ4v) is 6.13. The standard InChI is InChI=1S/C29H25NO4/c1-34-21-12-13-22-23(16-21)26(20-10-6-3-7-11-20)24-18-28(17-19-8-4-2-5-9-19)25(31)14-15-29(28,33)30(24)27(22)32/h2-13,16,33H,14-15,17-18H2,1H3. The number of carbonyl (C=O) groups excluding carboxylic acids is 1. The maximum Gasteiger partial charge on any atom is 0.261 e. The normalized spacial score (nSPS) is 23.2. The van der Waals surface area contributed by atoms with Gasteiger partial charge in [-0.05, 0) is 35.7 Å². The summed E-state index contributed by atoms with van der Waals surface area (Å²) in [6.07, 6.45) is 1.19. The second kappa shape index (κ2) is 7.40. The minimum Gasteiger partial charge on any atom is -0.497 e. The predicted molar refractivity (Wildman–Crippen MR) is 131 cm³/mol. The Morgan fingerprint density at radius 1 is 0.941 bits per heavy atom. The van der Waals surface area contributed by atoms with Gasteiger partial charge in [-0.25, -0.2) is 0 Å². The second-order valence-corrected chi connectivity index (χ2v) is 9.40. The van der Waals surface area contributed by atoms with E-state index in [2.05, 4.69) is 0 Å². The van der Waals surface area contributed by atoms with Crippen molar-refractivity contribution in [2.75, 3.05) is 7.11 Å². The van der Waals surface area contributed by atoms with Crippen molar-refractivity contribution in [3.05, 3.63) is 100 Å². The third-order valence-electron chi connectivity index (χ3n) is 7.74. The summed E-state index contributed by atoms with van der Waals surface area (Å²) >= 11 is 0. The van der Waals surface area contributed by atoms with Gasteiger partial charge in [0.05, 0.1) is 12.5 Å². The molecule has 1 saturated carbocycles. The van der Waals surface area contributed by atoms with Gasteiger partial charge in [0.25, 0.3) is 5.56 Å². The number of Topliss-reactive ketones (excluding diaryl/α,β-unsaturated/α-hetero) is 1. The van der Waals surface area contributed by atoms with Crippen LogP contribution in [0.4, 0.5) is 0 Å². The summed E-state index contributed by atoms with van der Waals surface area (Å²) in [5.74, 6) is 0.670. The molecule has 0 spiro atoms. The molecule has 2 atom stereocenters. The number of benzene rings is 3. The van der Waals surface area contributed by atoms with E-state index < -0.39 is 11.1 Å². The Morgan fingerprint density at radius 2 is 1.65 bits per heavy atom. The third kappa shape index (κ3) is 2.71. The van der Waals surface area contributed by atoms with Crippen molar-refractivity contribution in [1.29, 1.82) is 0 Å². The van der Waals surface area contributed by atoms with Crippen LogP contribution < -0.4 is 10.3 Å². The van der Waals surface area contributed by atoms with E-state index in [1.165, 1.54) is 4.57 Å². The van der Waals surface area contributed by atoms with E-state index >= 15 is 0 Å². The van der Waals surface area contributed by atoms with Gasteiger partial charge in [-0.1, -0.05) is 60.7 Å². The Bertz CT molecular complexity index is 1490. The molecule has 3 aromatic carbocycles. The zero-order valence-electron chi connectivity index (χ0n) is 19.0. The predicted octanol–water partition coefficient (Wildman–Crippen LogP) is 4.47. The van der Waals surface area contributed by atoms with Crippen LogP contribution in [0.1, 0.15) is 24.1 Å². The van der Waals surface area contributed by atoms with E-state index in [1.54, 1.807) is 19.2 Å². The first-order valence-corrected chi connectivity index (χ1v) is 11.6. The van der Waals surface area contributed by atoms with Gasteiger partial charge in [0, 0.05) is 41.3 Å². The fourth-order valence-electron chi connectivity index (χ4n) is 6.13. The molecule has 5 nitrogen and oxygen atoms in total. The van der Waals surface area contributed by atoms with Crippen LogP contribution in [0.5, 0.6) is 5.75 Å². The number of methoxy groups -OCH3 is 1. The van der Waals surface area contributed by atoms with Gasteiger partial charge in [-0.2, -0.15) is 0 Å². The summed E-state index contributed by atoms with van der Waals surface area (Å²) in [7, 11) is 1.60. The number of rotatable bonds is 4. The molecule has 0 bridgehead atoms. The number of carbonyl (C=O) groups is 1. The molecule has 2 unspecified atom stereocenters. The Kier molecular flexibility index (Phi) is 4.55. The van der Waals surface area contributed by atoms with Crippen molar-refractivity contribution in [1.82, 2.24) is 4.57 Å². The van der Waals surface area contributed by atoms with Crippen molar-refractivity contribution < 1.29 is 14.6 Å². The summed E-state index contributed by atoms with van der Waals surface area (Å²) in [5, 5.41) is 13.5. The lowest BCUT2D eigenvalue weighted by atomic mass is 9.73. The Hall–Kier alpha value is -3.70. The van der Waals surface area contributed by atoms with Crippen molar-refractivity contribution >= 4 is 16.6 Å². The minimum absolute atomic E-state index is 0.0163. The molecule has 170 valence electrons. The van der Waals surface area contributed by atoms with Gasteiger partial charge in [0.2, 0.25) is 0 Å². The quantitative estimate of drug-likeness (QED) is 0.497. The molecule has 1 N–H and O–H groups in total. The summed E-state index contributed by atoms with van der Waals surface area (Å²) in [6.45, 7) is 0. The van der Waals surface area contributed by atoms with E-state index in [1.807, 2.05) is 66.7 Å². The Morgan fingerprint density at radius 3 is 2.35 bits per heavy atom. The molecule has 0 radical (unpaired) electrons. The van der Waals surface area contributed by atoms with Crippen LogP contribution in [0.3, 0.4) is 0 Å². The first-order valence-electron chi connectivity index (χ1n) is 11.6. The highest BCUT2D eigenvalue weighted by atomic mass is 16.5. The maximum absolute atomic E-state index is 13.9. The van der Waals surface area contributed by atoms with Gasteiger partial charge in [0.1, 0.15) is 11.5 Å². The van der Waals surface area contributed by atoms with Crippen molar-refractivity contribution in [2.45, 2.75) is 31.4 Å². The van der Waals surface area contributed by atoms with E-state index in [-0.39, 0.29) is 24.2 Å².